The van der Waals surface area contributed by atoms with Gasteiger partial charge in [0.05, 0.1) is 5.69 Å². The van der Waals surface area contributed by atoms with Gasteiger partial charge in [0.25, 0.3) is 0 Å². The van der Waals surface area contributed by atoms with Crippen molar-refractivity contribution >= 4 is 6.08 Å². The van der Waals surface area contributed by atoms with Crippen LogP contribution in [0.2, 0.25) is 0 Å². The van der Waals surface area contributed by atoms with E-state index < -0.39 is 0 Å². The van der Waals surface area contributed by atoms with Crippen LogP contribution in [0.5, 0.6) is 0 Å². The van der Waals surface area contributed by atoms with Crippen LogP contribution >= 0.6 is 0 Å². The molecule has 12 heavy (non-hydrogen) atoms. The van der Waals surface area contributed by atoms with Crippen LogP contribution in [0.25, 0.3) is 6.08 Å². The maximum Gasteiger partial charge on any atom is 0.0655 e. The Morgan fingerprint density at radius 2 is 2.17 bits per heavy atom. The largest absolute Gasteiger partial charge is 0.257 e. The van der Waals surface area contributed by atoms with Crippen molar-refractivity contribution in [3.05, 3.63) is 36.2 Å². The summed E-state index contributed by atoms with van der Waals surface area (Å²) in [5.74, 6) is 0. The van der Waals surface area contributed by atoms with Gasteiger partial charge in [0.1, 0.15) is 0 Å². The molecule has 0 bridgehead atoms. The molecule has 66 valence electrons. The first-order valence-electron chi connectivity index (χ1n) is 4.44. The number of hydrogen-bond acceptors (Lipinski definition) is 1. The van der Waals surface area contributed by atoms with Gasteiger partial charge in [0, 0.05) is 6.20 Å². The molecule has 0 saturated carbocycles. The summed E-state index contributed by atoms with van der Waals surface area (Å²) in [7, 11) is 0. The second kappa shape index (κ2) is 6.59. The van der Waals surface area contributed by atoms with Crippen LogP contribution in [0.1, 0.15) is 32.0 Å². The molecule has 0 fully saturated rings. The third-order valence-electron chi connectivity index (χ3n) is 1.50. The highest BCUT2D eigenvalue weighted by molar-refractivity contribution is 5.46. The molecule has 0 N–H and O–H groups in total. The van der Waals surface area contributed by atoms with Crippen molar-refractivity contribution in [2.75, 3.05) is 0 Å². The topological polar surface area (TPSA) is 12.9 Å². The number of nitrogens with zero attached hydrogens (tertiary/aromatic N) is 1. The predicted molar refractivity (Wildman–Crippen MR) is 55.1 cm³/mol. The average molecular weight is 163 g/mol. The zero-order chi connectivity index (χ0) is 9.40. The van der Waals surface area contributed by atoms with E-state index in [1.54, 1.807) is 12.3 Å². The van der Waals surface area contributed by atoms with Gasteiger partial charge >= 0.3 is 0 Å². The van der Waals surface area contributed by atoms with E-state index in [1.165, 1.54) is 5.56 Å². The Bertz CT molecular complexity index is 228. The molecule has 0 aliphatic heterocycles. The van der Waals surface area contributed by atoms with Crippen LogP contribution in [0.4, 0.5) is 0 Å². The minimum Gasteiger partial charge on any atom is -0.257 e. The fourth-order valence-electron chi connectivity index (χ4n) is 0.934. The third-order valence-corrected chi connectivity index (χ3v) is 1.50. The molecule has 0 atom stereocenters. The Morgan fingerprint density at radius 3 is 2.58 bits per heavy atom. The van der Waals surface area contributed by atoms with Crippen LogP contribution in [0, 0.1) is 0 Å². The fraction of sp³-hybridized carbons (Fsp3) is 0.364. The standard InChI is InChI=1S/C9H11N.C2H6/c1-3-8-6-5-7-10-9(8)4-2;1-2/h4-7H,2-3H2,1H3;1-2H3. The van der Waals surface area contributed by atoms with Crippen molar-refractivity contribution in [1.82, 2.24) is 4.98 Å². The SMILES string of the molecule is C=Cc1ncccc1CC.CC. The van der Waals surface area contributed by atoms with Gasteiger partial charge in [0.15, 0.2) is 0 Å². The van der Waals surface area contributed by atoms with Gasteiger partial charge in [-0.3, -0.25) is 4.98 Å². The van der Waals surface area contributed by atoms with E-state index in [9.17, 15) is 0 Å². The Kier molecular flexibility index (Phi) is 5.98. The molecule has 1 heteroatoms. The predicted octanol–water partition coefficient (Wildman–Crippen LogP) is 3.31. The molecule has 0 spiro atoms. The third kappa shape index (κ3) is 2.87. The highest BCUT2D eigenvalue weighted by Crippen LogP contribution is 2.05. The van der Waals surface area contributed by atoms with Crippen LogP contribution in [-0.2, 0) is 6.42 Å². The lowest BCUT2D eigenvalue weighted by molar-refractivity contribution is 1.09. The maximum absolute atomic E-state index is 4.15. The molecule has 1 aromatic heterocycles. The first kappa shape index (κ1) is 10.9. The number of aromatic nitrogens is 1. The highest BCUT2D eigenvalue weighted by atomic mass is 14.7. The first-order chi connectivity index (χ1) is 5.88. The fourth-order valence-corrected chi connectivity index (χ4v) is 0.934. The second-order valence-electron chi connectivity index (χ2n) is 2.11. The molecule has 0 aromatic carbocycles. The summed E-state index contributed by atoms with van der Waals surface area (Å²) in [6.45, 7) is 9.79. The number of pyridine rings is 1. The van der Waals surface area contributed by atoms with E-state index in [1.807, 2.05) is 19.9 Å². The Morgan fingerprint density at radius 1 is 1.50 bits per heavy atom. The van der Waals surface area contributed by atoms with Crippen molar-refractivity contribution in [3.8, 4) is 0 Å². The molecule has 1 rings (SSSR count). The lowest BCUT2D eigenvalue weighted by atomic mass is 10.1. The molecule has 1 heterocycles. The van der Waals surface area contributed by atoms with E-state index in [0.717, 1.165) is 12.1 Å². The van der Waals surface area contributed by atoms with Gasteiger partial charge in [-0.2, -0.15) is 0 Å². The van der Waals surface area contributed by atoms with Gasteiger partial charge in [-0.15, -0.1) is 0 Å². The molecule has 0 aliphatic carbocycles. The first-order valence-corrected chi connectivity index (χ1v) is 4.44. The van der Waals surface area contributed by atoms with Crippen molar-refractivity contribution in [2.24, 2.45) is 0 Å². The van der Waals surface area contributed by atoms with Crippen LogP contribution in [-0.4, -0.2) is 4.98 Å². The molecule has 0 unspecified atom stereocenters. The van der Waals surface area contributed by atoms with E-state index in [-0.39, 0.29) is 0 Å². The minimum absolute atomic E-state index is 1.00. The molecule has 0 amide bonds. The number of aryl methyl sites for hydroxylation is 1. The zero-order valence-electron chi connectivity index (χ0n) is 8.17. The number of rotatable bonds is 2. The van der Waals surface area contributed by atoms with E-state index in [2.05, 4.69) is 24.6 Å². The Balaban J connectivity index is 0.000000561. The van der Waals surface area contributed by atoms with E-state index in [0.29, 0.717) is 0 Å². The monoisotopic (exact) mass is 163 g/mol. The summed E-state index contributed by atoms with van der Waals surface area (Å²) in [6.07, 6.45) is 4.60. The summed E-state index contributed by atoms with van der Waals surface area (Å²) < 4.78 is 0. The summed E-state index contributed by atoms with van der Waals surface area (Å²) in [5, 5.41) is 0. The molecule has 0 aliphatic rings. The highest BCUT2D eigenvalue weighted by Gasteiger charge is 1.93. The summed E-state index contributed by atoms with van der Waals surface area (Å²) in [6, 6.07) is 4.02. The van der Waals surface area contributed by atoms with Crippen LogP contribution in [0.15, 0.2) is 24.9 Å². The van der Waals surface area contributed by atoms with Crippen molar-refractivity contribution < 1.29 is 0 Å². The molecule has 1 aromatic rings. The Labute approximate surface area is 75.2 Å². The summed E-state index contributed by atoms with van der Waals surface area (Å²) in [5.41, 5.74) is 2.27. The molecule has 0 saturated heterocycles. The Hall–Kier alpha value is -1.11. The van der Waals surface area contributed by atoms with Gasteiger partial charge < -0.3 is 0 Å². The summed E-state index contributed by atoms with van der Waals surface area (Å²) in [4.78, 5) is 4.15. The number of hydrogen-bond donors (Lipinski definition) is 0. The van der Waals surface area contributed by atoms with Gasteiger partial charge in [-0.1, -0.05) is 33.4 Å². The minimum atomic E-state index is 1.00. The lowest BCUT2D eigenvalue weighted by Gasteiger charge is -1.98. The van der Waals surface area contributed by atoms with E-state index >= 15 is 0 Å². The molecular formula is C11H17N. The van der Waals surface area contributed by atoms with Gasteiger partial charge in [-0.25, -0.2) is 0 Å². The zero-order valence-corrected chi connectivity index (χ0v) is 8.17. The average Bonchev–Trinajstić information content (AvgIpc) is 2.20. The lowest BCUT2D eigenvalue weighted by Crippen LogP contribution is -1.87. The smallest absolute Gasteiger partial charge is 0.0655 e. The van der Waals surface area contributed by atoms with Gasteiger partial charge in [-0.05, 0) is 24.1 Å². The molecular weight excluding hydrogens is 146 g/mol. The van der Waals surface area contributed by atoms with Crippen molar-refractivity contribution in [2.45, 2.75) is 27.2 Å². The van der Waals surface area contributed by atoms with E-state index in [4.69, 9.17) is 0 Å². The van der Waals surface area contributed by atoms with Crippen molar-refractivity contribution in [1.29, 1.82) is 0 Å². The van der Waals surface area contributed by atoms with Gasteiger partial charge in [0.2, 0.25) is 0 Å². The van der Waals surface area contributed by atoms with Crippen molar-refractivity contribution in [3.63, 3.8) is 0 Å². The molecule has 0 radical (unpaired) electrons. The quantitative estimate of drug-likeness (QED) is 0.651. The molecule has 1 nitrogen and oxygen atoms in total. The maximum atomic E-state index is 4.15. The second-order valence-corrected chi connectivity index (χ2v) is 2.11. The summed E-state index contributed by atoms with van der Waals surface area (Å²) >= 11 is 0. The van der Waals surface area contributed by atoms with Crippen LogP contribution < -0.4 is 0 Å². The van der Waals surface area contributed by atoms with Crippen LogP contribution in [0.3, 0.4) is 0 Å². The normalized spacial score (nSPS) is 8.25.